The number of ether oxygens (including phenoxy) is 2. The van der Waals surface area contributed by atoms with E-state index in [1.54, 1.807) is 35.2 Å². The lowest BCUT2D eigenvalue weighted by molar-refractivity contribution is -0.120. The van der Waals surface area contributed by atoms with Crippen molar-refractivity contribution < 1.29 is 23.5 Å². The van der Waals surface area contributed by atoms with Crippen molar-refractivity contribution in [1.82, 2.24) is 0 Å². The number of carbonyl (C=O) groups excluding carboxylic acids is 2. The number of Topliss-reactive ketones (excluding diaryl/α,β-unsaturated/α-hetero) is 1. The Labute approximate surface area is 184 Å². The van der Waals surface area contributed by atoms with E-state index in [9.17, 15) is 14.0 Å². The first-order valence-electron chi connectivity index (χ1n) is 10.7. The molecule has 0 aromatic heterocycles. The van der Waals surface area contributed by atoms with E-state index in [1.807, 2.05) is 24.3 Å². The third kappa shape index (κ3) is 2.98. The third-order valence-electron chi connectivity index (χ3n) is 6.46. The molecule has 5 nitrogen and oxygen atoms in total. The van der Waals surface area contributed by atoms with Crippen LogP contribution < -0.4 is 14.4 Å². The molecule has 1 saturated carbocycles. The van der Waals surface area contributed by atoms with Crippen molar-refractivity contribution in [3.63, 3.8) is 0 Å². The zero-order valence-corrected chi connectivity index (χ0v) is 17.2. The van der Waals surface area contributed by atoms with Crippen LogP contribution in [0.15, 0.2) is 66.7 Å². The van der Waals surface area contributed by atoms with Gasteiger partial charge in [-0.25, -0.2) is 4.39 Å². The molecule has 1 spiro atoms. The second kappa shape index (κ2) is 6.92. The summed E-state index contributed by atoms with van der Waals surface area (Å²) >= 11 is 0. The highest BCUT2D eigenvalue weighted by Crippen LogP contribution is 2.50. The van der Waals surface area contributed by atoms with Gasteiger partial charge >= 0.3 is 0 Å². The third-order valence-corrected chi connectivity index (χ3v) is 6.46. The van der Waals surface area contributed by atoms with Crippen molar-refractivity contribution >= 4 is 17.4 Å². The topological polar surface area (TPSA) is 55.8 Å². The molecule has 1 atom stereocenters. The first-order valence-corrected chi connectivity index (χ1v) is 10.7. The number of para-hydroxylation sites is 1. The van der Waals surface area contributed by atoms with Crippen LogP contribution in [0.5, 0.6) is 11.5 Å². The fourth-order valence-corrected chi connectivity index (χ4v) is 4.55. The summed E-state index contributed by atoms with van der Waals surface area (Å²) in [6, 6.07) is 19.1. The highest BCUT2D eigenvalue weighted by Gasteiger charge is 2.57. The molecule has 3 aromatic rings. The average Bonchev–Trinajstić information content (AvgIpc) is 3.47. The predicted molar refractivity (Wildman–Crippen MR) is 116 cm³/mol. The molecule has 6 rings (SSSR count). The van der Waals surface area contributed by atoms with Gasteiger partial charge < -0.3 is 14.4 Å². The maximum atomic E-state index is 13.3. The number of ketones is 1. The smallest absolute Gasteiger partial charge is 0.238 e. The van der Waals surface area contributed by atoms with Crippen molar-refractivity contribution in [1.29, 1.82) is 0 Å². The molecule has 1 amide bonds. The van der Waals surface area contributed by atoms with Gasteiger partial charge in [-0.3, -0.25) is 9.59 Å². The zero-order valence-electron chi connectivity index (χ0n) is 17.2. The summed E-state index contributed by atoms with van der Waals surface area (Å²) in [4.78, 5) is 27.4. The molecule has 6 heteroatoms. The van der Waals surface area contributed by atoms with Crippen LogP contribution in [0.2, 0.25) is 0 Å². The Balaban J connectivity index is 1.21. The Morgan fingerprint density at radius 3 is 2.59 bits per heavy atom. The minimum atomic E-state index is -0.637. The van der Waals surface area contributed by atoms with Crippen LogP contribution in [0.4, 0.5) is 10.1 Å². The summed E-state index contributed by atoms with van der Waals surface area (Å²) in [5.41, 5.74) is 2.56. The molecular formula is C26H20FNO4. The van der Waals surface area contributed by atoms with Crippen LogP contribution in [0.3, 0.4) is 0 Å². The van der Waals surface area contributed by atoms with E-state index in [2.05, 4.69) is 0 Å². The van der Waals surface area contributed by atoms with E-state index < -0.39 is 11.5 Å². The van der Waals surface area contributed by atoms with Gasteiger partial charge in [-0.1, -0.05) is 30.3 Å². The lowest BCUT2D eigenvalue weighted by Gasteiger charge is -2.18. The Bertz CT molecular complexity index is 1250. The molecule has 2 aliphatic heterocycles. The Morgan fingerprint density at radius 1 is 1.03 bits per heavy atom. The first-order chi connectivity index (χ1) is 15.5. The highest BCUT2D eigenvalue weighted by molar-refractivity contribution is 6.09. The van der Waals surface area contributed by atoms with Gasteiger partial charge in [0.25, 0.3) is 0 Å². The summed E-state index contributed by atoms with van der Waals surface area (Å²) in [7, 11) is 0. The minimum absolute atomic E-state index is 0.0513. The molecule has 3 aromatic carbocycles. The SMILES string of the molecule is O=C1C(COc2ccc3c(c2)OC2(CC2)C3=O)c2ccccc2N1Cc1ccc(F)cc1. The Morgan fingerprint density at radius 2 is 1.81 bits per heavy atom. The van der Waals surface area contributed by atoms with Gasteiger partial charge in [0, 0.05) is 11.8 Å². The Hall–Kier alpha value is -3.67. The summed E-state index contributed by atoms with van der Waals surface area (Å²) in [5.74, 6) is 0.367. The van der Waals surface area contributed by atoms with Crippen molar-refractivity contribution in [2.75, 3.05) is 11.5 Å². The monoisotopic (exact) mass is 429 g/mol. The van der Waals surface area contributed by atoms with Crippen LogP contribution in [0, 0.1) is 5.82 Å². The number of nitrogens with zero attached hydrogens (tertiary/aromatic N) is 1. The van der Waals surface area contributed by atoms with Gasteiger partial charge in [0.05, 0.1) is 18.0 Å². The lowest BCUT2D eigenvalue weighted by atomic mass is 10.0. The van der Waals surface area contributed by atoms with E-state index in [0.29, 0.717) is 23.6 Å². The molecular weight excluding hydrogens is 409 g/mol. The van der Waals surface area contributed by atoms with Crippen LogP contribution in [-0.4, -0.2) is 23.9 Å². The number of carbonyl (C=O) groups is 2. The maximum absolute atomic E-state index is 13.3. The summed E-state index contributed by atoms with van der Waals surface area (Å²) in [5, 5.41) is 0. The van der Waals surface area contributed by atoms with Crippen molar-refractivity contribution in [2.24, 2.45) is 0 Å². The number of hydrogen-bond acceptors (Lipinski definition) is 4. The molecule has 2 heterocycles. The fraction of sp³-hybridized carbons (Fsp3) is 0.231. The van der Waals surface area contributed by atoms with Gasteiger partial charge in [0.2, 0.25) is 11.7 Å². The predicted octanol–water partition coefficient (Wildman–Crippen LogP) is 4.64. The zero-order chi connectivity index (χ0) is 21.9. The van der Waals surface area contributed by atoms with Crippen LogP contribution in [-0.2, 0) is 11.3 Å². The standard InChI is InChI=1S/C26H20FNO4/c27-17-7-5-16(6-8-17)14-28-22-4-2-1-3-19(22)21(25(28)30)15-31-18-9-10-20-23(13-18)32-26(11-12-26)24(20)29/h1-10,13,21H,11-12,14-15H2. The van der Waals surface area contributed by atoms with Crippen LogP contribution >= 0.6 is 0 Å². The van der Waals surface area contributed by atoms with Crippen LogP contribution in [0.25, 0.3) is 0 Å². The summed E-state index contributed by atoms with van der Waals surface area (Å²) < 4.78 is 25.1. The van der Waals surface area contributed by atoms with E-state index in [0.717, 1.165) is 29.7 Å². The molecule has 1 aliphatic carbocycles. The molecule has 0 bridgehead atoms. The number of anilines is 1. The lowest BCUT2D eigenvalue weighted by Crippen LogP contribution is -2.30. The number of fused-ring (bicyclic) bond motifs is 2. The second-order valence-electron chi connectivity index (χ2n) is 8.56. The quantitative estimate of drug-likeness (QED) is 0.593. The first kappa shape index (κ1) is 19.0. The van der Waals surface area contributed by atoms with Gasteiger partial charge in [-0.15, -0.1) is 0 Å². The summed E-state index contributed by atoms with van der Waals surface area (Å²) in [6.45, 7) is 0.539. The number of benzene rings is 3. The van der Waals surface area contributed by atoms with Crippen molar-refractivity contribution in [3.8, 4) is 11.5 Å². The van der Waals surface area contributed by atoms with Gasteiger partial charge in [0.1, 0.15) is 23.9 Å². The molecule has 3 aliphatic rings. The average molecular weight is 429 g/mol. The van der Waals surface area contributed by atoms with Crippen LogP contribution in [0.1, 0.15) is 40.2 Å². The van der Waals surface area contributed by atoms with Gasteiger partial charge in [-0.05, 0) is 54.3 Å². The van der Waals surface area contributed by atoms with E-state index in [4.69, 9.17) is 9.47 Å². The normalized spacial score (nSPS) is 19.7. The molecule has 1 unspecified atom stereocenters. The van der Waals surface area contributed by atoms with Gasteiger partial charge in [0.15, 0.2) is 5.60 Å². The number of hydrogen-bond donors (Lipinski definition) is 0. The molecule has 1 fully saturated rings. The number of amides is 1. The molecule has 0 saturated heterocycles. The molecule has 160 valence electrons. The molecule has 32 heavy (non-hydrogen) atoms. The molecule has 0 radical (unpaired) electrons. The summed E-state index contributed by atoms with van der Waals surface area (Å²) in [6.07, 6.45) is 1.52. The largest absolute Gasteiger partial charge is 0.492 e. The minimum Gasteiger partial charge on any atom is -0.492 e. The van der Waals surface area contributed by atoms with E-state index in [1.165, 1.54) is 12.1 Å². The van der Waals surface area contributed by atoms with Crippen molar-refractivity contribution in [3.05, 3.63) is 89.2 Å². The highest BCUT2D eigenvalue weighted by atomic mass is 19.1. The number of rotatable bonds is 5. The van der Waals surface area contributed by atoms with E-state index >= 15 is 0 Å². The Kier molecular flexibility index (Phi) is 4.12. The van der Waals surface area contributed by atoms with E-state index in [-0.39, 0.29) is 24.1 Å². The van der Waals surface area contributed by atoms with Gasteiger partial charge in [-0.2, -0.15) is 0 Å². The second-order valence-corrected chi connectivity index (χ2v) is 8.56. The maximum Gasteiger partial charge on any atom is 0.238 e. The number of halogens is 1. The fourth-order valence-electron chi connectivity index (χ4n) is 4.55. The van der Waals surface area contributed by atoms with Crippen molar-refractivity contribution in [2.45, 2.75) is 30.9 Å². The molecule has 0 N–H and O–H groups in total.